The molecule has 0 bridgehead atoms. The summed E-state index contributed by atoms with van der Waals surface area (Å²) in [4.78, 5) is 12.5. The second-order valence-corrected chi connectivity index (χ2v) is 5.76. The van der Waals surface area contributed by atoms with Crippen LogP contribution >= 0.6 is 11.3 Å². The van der Waals surface area contributed by atoms with Gasteiger partial charge in [-0.3, -0.25) is 0 Å². The molecule has 0 aliphatic carbocycles. The normalized spacial score (nSPS) is 10.9. The number of thiophene rings is 1. The number of hydrogen-bond donors (Lipinski definition) is 1. The monoisotopic (exact) mass is 276 g/mol. The molecule has 0 saturated heterocycles. The Morgan fingerprint density at radius 3 is 2.58 bits per heavy atom. The van der Waals surface area contributed by atoms with E-state index in [1.807, 2.05) is 12.4 Å². The number of nitrogens with two attached hydrogens (primary N) is 1. The number of hydrogen-bond acceptors (Lipinski definition) is 5. The van der Waals surface area contributed by atoms with Crippen molar-refractivity contribution in [3.8, 4) is 0 Å². The largest absolute Gasteiger partial charge is 0.333 e. The maximum atomic E-state index is 5.53. The molecule has 2 rings (SSSR count). The molecule has 0 saturated carbocycles. The van der Waals surface area contributed by atoms with E-state index < -0.39 is 0 Å². The third-order valence-electron chi connectivity index (χ3n) is 2.91. The molecule has 19 heavy (non-hydrogen) atoms. The summed E-state index contributed by atoms with van der Waals surface area (Å²) in [5.41, 5.74) is 6.62. The van der Waals surface area contributed by atoms with E-state index in [0.29, 0.717) is 12.6 Å². The molecule has 2 N–H and O–H groups in total. The number of nitrogens with zero attached hydrogens (tertiary/aromatic N) is 3. The van der Waals surface area contributed by atoms with E-state index >= 15 is 0 Å². The average molecular weight is 276 g/mol. The lowest BCUT2D eigenvalue weighted by Gasteiger charge is -2.26. The summed E-state index contributed by atoms with van der Waals surface area (Å²) in [5, 5.41) is 2.10. The molecule has 0 unspecified atom stereocenters. The lowest BCUT2D eigenvalue weighted by Crippen LogP contribution is -2.31. The van der Waals surface area contributed by atoms with Gasteiger partial charge in [0, 0.05) is 23.3 Å². The van der Waals surface area contributed by atoms with Crippen LogP contribution < -0.4 is 10.6 Å². The minimum absolute atomic E-state index is 0.363. The van der Waals surface area contributed by atoms with Crippen molar-refractivity contribution in [2.75, 3.05) is 11.4 Å². The molecule has 2 aromatic rings. The first-order valence-corrected chi connectivity index (χ1v) is 7.38. The van der Waals surface area contributed by atoms with Gasteiger partial charge in [-0.15, -0.1) is 11.3 Å². The summed E-state index contributed by atoms with van der Waals surface area (Å²) in [6.45, 7) is 5.80. The van der Waals surface area contributed by atoms with Crippen LogP contribution in [0.2, 0.25) is 0 Å². The van der Waals surface area contributed by atoms with Crippen LogP contribution in [-0.2, 0) is 13.0 Å². The van der Waals surface area contributed by atoms with Crippen molar-refractivity contribution in [1.29, 1.82) is 0 Å². The van der Waals surface area contributed by atoms with E-state index in [0.717, 1.165) is 24.5 Å². The first-order chi connectivity index (χ1) is 9.20. The Bertz CT molecular complexity index is 479. The zero-order chi connectivity index (χ0) is 13.7. The fraction of sp³-hybridized carbons (Fsp3) is 0.429. The van der Waals surface area contributed by atoms with E-state index in [9.17, 15) is 0 Å². The van der Waals surface area contributed by atoms with Gasteiger partial charge in [-0.2, -0.15) is 0 Å². The summed E-state index contributed by atoms with van der Waals surface area (Å²) in [6, 6.07) is 4.58. The van der Waals surface area contributed by atoms with Crippen molar-refractivity contribution in [2.24, 2.45) is 5.73 Å². The van der Waals surface area contributed by atoms with Crippen LogP contribution in [0.5, 0.6) is 0 Å². The van der Waals surface area contributed by atoms with Crippen molar-refractivity contribution < 1.29 is 0 Å². The minimum Gasteiger partial charge on any atom is -0.333 e. The van der Waals surface area contributed by atoms with Crippen molar-refractivity contribution in [2.45, 2.75) is 32.9 Å². The van der Waals surface area contributed by atoms with E-state index in [1.54, 1.807) is 11.3 Å². The van der Waals surface area contributed by atoms with Crippen molar-refractivity contribution in [3.63, 3.8) is 0 Å². The third-order valence-corrected chi connectivity index (χ3v) is 3.77. The zero-order valence-corrected chi connectivity index (χ0v) is 12.2. The minimum atomic E-state index is 0.363. The molecule has 5 heteroatoms. The van der Waals surface area contributed by atoms with Crippen LogP contribution in [0.1, 0.15) is 24.3 Å². The van der Waals surface area contributed by atoms with Gasteiger partial charge < -0.3 is 10.6 Å². The smallest absolute Gasteiger partial charge is 0.225 e. The molecule has 4 nitrogen and oxygen atoms in total. The van der Waals surface area contributed by atoms with Crippen LogP contribution in [0.15, 0.2) is 29.9 Å². The number of aromatic nitrogens is 2. The summed E-state index contributed by atoms with van der Waals surface area (Å²) in [6.07, 6.45) is 4.57. The highest BCUT2D eigenvalue weighted by Gasteiger charge is 2.14. The van der Waals surface area contributed by atoms with E-state index in [4.69, 9.17) is 5.73 Å². The number of rotatable bonds is 6. The van der Waals surface area contributed by atoms with Gasteiger partial charge in [0.25, 0.3) is 0 Å². The van der Waals surface area contributed by atoms with Gasteiger partial charge in [0.2, 0.25) is 5.95 Å². The maximum absolute atomic E-state index is 5.53. The first-order valence-electron chi connectivity index (χ1n) is 6.50. The molecule has 0 aliphatic heterocycles. The Morgan fingerprint density at radius 1 is 1.32 bits per heavy atom. The fourth-order valence-corrected chi connectivity index (χ4v) is 2.55. The molecular formula is C14H20N4S. The fourth-order valence-electron chi connectivity index (χ4n) is 1.85. The van der Waals surface area contributed by atoms with Crippen molar-refractivity contribution in [3.05, 3.63) is 40.3 Å². The predicted molar refractivity (Wildman–Crippen MR) is 80.4 cm³/mol. The molecule has 0 radical (unpaired) electrons. The molecule has 0 fully saturated rings. The molecular weight excluding hydrogens is 256 g/mol. The Labute approximate surface area is 118 Å². The van der Waals surface area contributed by atoms with E-state index in [-0.39, 0.29) is 0 Å². The maximum Gasteiger partial charge on any atom is 0.225 e. The average Bonchev–Trinajstić information content (AvgIpc) is 2.90. The highest BCUT2D eigenvalue weighted by Crippen LogP contribution is 2.18. The quantitative estimate of drug-likeness (QED) is 0.880. The molecule has 0 amide bonds. The van der Waals surface area contributed by atoms with Crippen LogP contribution in [0.25, 0.3) is 0 Å². The van der Waals surface area contributed by atoms with Gasteiger partial charge in [0.05, 0.1) is 6.54 Å². The predicted octanol–water partition coefficient (Wildman–Crippen LogP) is 2.45. The van der Waals surface area contributed by atoms with Crippen LogP contribution in [0.3, 0.4) is 0 Å². The SMILES string of the molecule is CC(C)N(Cc1cccs1)c1ncc(CCN)cn1. The highest BCUT2D eigenvalue weighted by atomic mass is 32.1. The van der Waals surface area contributed by atoms with Crippen LogP contribution in [0, 0.1) is 0 Å². The molecule has 0 aliphatic rings. The standard InChI is InChI=1S/C14H20N4S/c1-11(2)18(10-13-4-3-7-19-13)14-16-8-12(5-6-15)9-17-14/h3-4,7-9,11H,5-6,10,15H2,1-2H3. The van der Waals surface area contributed by atoms with E-state index in [1.165, 1.54) is 4.88 Å². The molecule has 2 aromatic heterocycles. The summed E-state index contributed by atoms with van der Waals surface area (Å²) in [5.74, 6) is 0.782. The van der Waals surface area contributed by atoms with Crippen LogP contribution in [-0.4, -0.2) is 22.6 Å². The molecule has 2 heterocycles. The Kier molecular flexibility index (Phi) is 4.87. The van der Waals surface area contributed by atoms with Gasteiger partial charge in [0.1, 0.15) is 0 Å². The summed E-state index contributed by atoms with van der Waals surface area (Å²) in [7, 11) is 0. The molecule has 0 spiro atoms. The van der Waals surface area contributed by atoms with Gasteiger partial charge in [-0.1, -0.05) is 6.07 Å². The second kappa shape index (κ2) is 6.63. The van der Waals surface area contributed by atoms with Gasteiger partial charge in [-0.05, 0) is 43.8 Å². The lowest BCUT2D eigenvalue weighted by atomic mass is 10.2. The highest BCUT2D eigenvalue weighted by molar-refractivity contribution is 7.09. The molecule has 102 valence electrons. The first kappa shape index (κ1) is 14.0. The molecule has 0 aromatic carbocycles. The topological polar surface area (TPSA) is 55.0 Å². The van der Waals surface area contributed by atoms with Gasteiger partial charge in [0.15, 0.2) is 0 Å². The second-order valence-electron chi connectivity index (χ2n) is 4.73. The van der Waals surface area contributed by atoms with Crippen LogP contribution in [0.4, 0.5) is 5.95 Å². The third kappa shape index (κ3) is 3.75. The zero-order valence-electron chi connectivity index (χ0n) is 11.4. The van der Waals surface area contributed by atoms with Gasteiger partial charge >= 0.3 is 0 Å². The number of anilines is 1. The summed E-state index contributed by atoms with van der Waals surface area (Å²) >= 11 is 1.76. The Balaban J connectivity index is 2.14. The Hall–Kier alpha value is -1.46. The molecule has 0 atom stereocenters. The van der Waals surface area contributed by atoms with E-state index in [2.05, 4.69) is 46.2 Å². The van der Waals surface area contributed by atoms with Crippen molar-refractivity contribution >= 4 is 17.3 Å². The summed E-state index contributed by atoms with van der Waals surface area (Å²) < 4.78 is 0. The lowest BCUT2D eigenvalue weighted by molar-refractivity contribution is 0.663. The van der Waals surface area contributed by atoms with Crippen molar-refractivity contribution in [1.82, 2.24) is 9.97 Å². The Morgan fingerprint density at radius 2 is 2.05 bits per heavy atom. The van der Waals surface area contributed by atoms with Gasteiger partial charge in [-0.25, -0.2) is 9.97 Å².